The van der Waals surface area contributed by atoms with Crippen LogP contribution in [0.4, 0.5) is 0 Å². The van der Waals surface area contributed by atoms with Gasteiger partial charge in [0.2, 0.25) is 0 Å². The van der Waals surface area contributed by atoms with Gasteiger partial charge in [-0.1, -0.05) is 31.0 Å². The molecule has 7 heteroatoms. The fourth-order valence-corrected chi connectivity index (χ4v) is 2.07. The highest BCUT2D eigenvalue weighted by Gasteiger charge is 2.18. The highest BCUT2D eigenvalue weighted by molar-refractivity contribution is 7.78. The summed E-state index contributed by atoms with van der Waals surface area (Å²) in [5, 5.41) is 4.16. The zero-order valence-electron chi connectivity index (χ0n) is 11.4. The van der Waals surface area contributed by atoms with Crippen molar-refractivity contribution >= 4 is 18.7 Å². The van der Waals surface area contributed by atoms with Gasteiger partial charge < -0.3 is 4.74 Å². The second-order valence-corrected chi connectivity index (χ2v) is 4.57. The molecule has 2 aromatic heterocycles. The van der Waals surface area contributed by atoms with Gasteiger partial charge in [-0.15, -0.1) is 0 Å². The summed E-state index contributed by atoms with van der Waals surface area (Å²) in [6, 6.07) is 11.0. The maximum atomic E-state index is 12.0. The molecule has 1 aromatic carbocycles. The van der Waals surface area contributed by atoms with Crippen LogP contribution < -0.4 is 9.46 Å². The summed E-state index contributed by atoms with van der Waals surface area (Å²) in [5.41, 5.74) is 0.829. The largest absolute Gasteiger partial charge is 0.454 e. The van der Waals surface area contributed by atoms with Gasteiger partial charge in [-0.2, -0.15) is 5.10 Å². The van der Waals surface area contributed by atoms with E-state index < -0.39 is 5.91 Å². The lowest BCUT2D eigenvalue weighted by Gasteiger charge is -2.14. The van der Waals surface area contributed by atoms with Gasteiger partial charge in [0.1, 0.15) is 17.0 Å². The maximum absolute atomic E-state index is 12.0. The van der Waals surface area contributed by atoms with Crippen molar-refractivity contribution in [3.05, 3.63) is 66.7 Å². The zero-order chi connectivity index (χ0) is 15.4. The first-order valence-electron chi connectivity index (χ1n) is 6.45. The molecule has 0 fully saturated rings. The van der Waals surface area contributed by atoms with Crippen molar-refractivity contribution in [2.45, 2.75) is 0 Å². The molecule has 0 aliphatic carbocycles. The number of nitrogens with one attached hydrogen (secondary N) is 1. The quantitative estimate of drug-likeness (QED) is 0.727. The van der Waals surface area contributed by atoms with Crippen molar-refractivity contribution in [1.29, 1.82) is 0 Å². The van der Waals surface area contributed by atoms with Crippen LogP contribution in [0.2, 0.25) is 0 Å². The third-order valence-corrected chi connectivity index (χ3v) is 3.14. The molecule has 0 radical (unpaired) electrons. The highest BCUT2D eigenvalue weighted by atomic mass is 32.1. The molecule has 1 amide bonds. The summed E-state index contributed by atoms with van der Waals surface area (Å²) in [5.74, 6) is 0.558. The third kappa shape index (κ3) is 2.79. The molecule has 0 unspecified atom stereocenters. The molecule has 1 N–H and O–H groups in total. The molecule has 0 saturated heterocycles. The molecule has 0 saturated carbocycles. The fraction of sp³-hybridized carbons (Fsp3) is 0. The molecule has 22 heavy (non-hydrogen) atoms. The van der Waals surface area contributed by atoms with E-state index in [1.54, 1.807) is 41.5 Å². The van der Waals surface area contributed by atoms with Crippen LogP contribution in [0, 0.1) is 0 Å². The summed E-state index contributed by atoms with van der Waals surface area (Å²) >= 11 is 3.80. The van der Waals surface area contributed by atoms with Gasteiger partial charge in [0.05, 0.1) is 6.20 Å². The Morgan fingerprint density at radius 3 is 2.68 bits per heavy atom. The molecule has 0 atom stereocenters. The molecular formula is C15H12N4O2S. The Morgan fingerprint density at radius 1 is 1.18 bits per heavy atom. The minimum Gasteiger partial charge on any atom is -0.454 e. The van der Waals surface area contributed by atoms with Gasteiger partial charge in [0, 0.05) is 18.6 Å². The first-order chi connectivity index (χ1) is 10.8. The van der Waals surface area contributed by atoms with Crippen molar-refractivity contribution in [2.75, 3.05) is 0 Å². The lowest BCUT2D eigenvalue weighted by atomic mass is 10.2. The lowest BCUT2D eigenvalue weighted by molar-refractivity contribution is 0.0982. The van der Waals surface area contributed by atoms with Crippen molar-refractivity contribution in [1.82, 2.24) is 19.5 Å². The lowest BCUT2D eigenvalue weighted by Crippen LogP contribution is -2.15. The number of hydrogen-bond donors (Lipinski definition) is 2. The molecule has 0 spiro atoms. The van der Waals surface area contributed by atoms with Gasteiger partial charge in [-0.05, 0) is 18.2 Å². The van der Waals surface area contributed by atoms with Crippen LogP contribution in [0.3, 0.4) is 0 Å². The Balaban J connectivity index is 2.13. The molecule has 0 aliphatic rings. The van der Waals surface area contributed by atoms with E-state index in [9.17, 15) is 4.79 Å². The van der Waals surface area contributed by atoms with Crippen molar-refractivity contribution in [2.24, 2.45) is 0 Å². The van der Waals surface area contributed by atoms with Gasteiger partial charge in [-0.25, -0.2) is 4.68 Å². The van der Waals surface area contributed by atoms with E-state index in [1.165, 1.54) is 6.20 Å². The minimum atomic E-state index is -0.407. The Bertz CT molecular complexity index is 776. The smallest absolute Gasteiger partial charge is 0.266 e. The zero-order valence-corrected chi connectivity index (χ0v) is 12.3. The summed E-state index contributed by atoms with van der Waals surface area (Å²) < 4.78 is 9.76. The number of thiol groups is 1. The Kier molecular flexibility index (Phi) is 4.06. The van der Waals surface area contributed by atoms with Crippen LogP contribution in [-0.2, 0) is 0 Å². The number of carbonyl (C=O) groups is 1. The van der Waals surface area contributed by atoms with Crippen LogP contribution in [0.15, 0.2) is 61.2 Å². The molecule has 3 aromatic rings. The number of pyridine rings is 1. The molecule has 110 valence electrons. The normalized spacial score (nSPS) is 10.2. The first-order valence-corrected chi connectivity index (χ1v) is 6.89. The Hall–Kier alpha value is -2.80. The van der Waals surface area contributed by atoms with E-state index in [0.29, 0.717) is 17.2 Å². The average molecular weight is 312 g/mol. The van der Waals surface area contributed by atoms with E-state index in [1.807, 2.05) is 18.2 Å². The SMILES string of the molecule is O=C(NS)c1cncc(-n2cccn2)c1Oc1ccccc1. The number of nitrogens with zero attached hydrogens (tertiary/aromatic N) is 3. The number of carbonyl (C=O) groups excluding carboxylic acids is 1. The van der Waals surface area contributed by atoms with Crippen LogP contribution in [-0.4, -0.2) is 20.7 Å². The van der Waals surface area contributed by atoms with Gasteiger partial charge in [0.25, 0.3) is 5.91 Å². The number of ether oxygens (including phenoxy) is 1. The van der Waals surface area contributed by atoms with Gasteiger partial charge >= 0.3 is 0 Å². The predicted molar refractivity (Wildman–Crippen MR) is 84.3 cm³/mol. The summed E-state index contributed by atoms with van der Waals surface area (Å²) in [4.78, 5) is 16.1. The Morgan fingerprint density at radius 2 is 2.00 bits per heavy atom. The van der Waals surface area contributed by atoms with Crippen LogP contribution in [0.5, 0.6) is 11.5 Å². The monoisotopic (exact) mass is 312 g/mol. The fourth-order valence-electron chi connectivity index (χ4n) is 1.95. The van der Waals surface area contributed by atoms with Gasteiger partial charge in [-0.3, -0.25) is 14.5 Å². The number of para-hydroxylation sites is 1. The molecule has 6 nitrogen and oxygen atoms in total. The van der Waals surface area contributed by atoms with E-state index >= 15 is 0 Å². The van der Waals surface area contributed by atoms with E-state index in [0.717, 1.165) is 0 Å². The van der Waals surface area contributed by atoms with Crippen molar-refractivity contribution < 1.29 is 9.53 Å². The third-order valence-electron chi connectivity index (χ3n) is 2.94. The minimum absolute atomic E-state index is 0.270. The molecule has 3 rings (SSSR count). The van der Waals surface area contributed by atoms with Crippen molar-refractivity contribution in [3.8, 4) is 17.2 Å². The molecule has 0 aliphatic heterocycles. The van der Waals surface area contributed by atoms with E-state index in [-0.39, 0.29) is 5.56 Å². The molecule has 0 bridgehead atoms. The number of rotatable bonds is 4. The highest BCUT2D eigenvalue weighted by Crippen LogP contribution is 2.31. The van der Waals surface area contributed by atoms with E-state index in [2.05, 4.69) is 27.6 Å². The molecule has 2 heterocycles. The second-order valence-electron chi connectivity index (χ2n) is 4.34. The predicted octanol–water partition coefficient (Wildman–Crippen LogP) is 2.63. The standard InChI is InChI=1S/C15H12N4O2S/c20-15(18-22)12-9-16-10-13(19-8-4-7-17-19)14(12)21-11-5-2-1-3-6-11/h1-10,22H,(H,18,20). The van der Waals surface area contributed by atoms with Crippen LogP contribution in [0.1, 0.15) is 10.4 Å². The second kappa shape index (κ2) is 6.31. The average Bonchev–Trinajstić information content (AvgIpc) is 3.09. The molecular weight excluding hydrogens is 300 g/mol. The van der Waals surface area contributed by atoms with E-state index in [4.69, 9.17) is 4.74 Å². The summed E-state index contributed by atoms with van der Waals surface area (Å²) in [6.07, 6.45) is 6.40. The van der Waals surface area contributed by atoms with Crippen LogP contribution >= 0.6 is 12.8 Å². The Labute approximate surface area is 132 Å². The number of aromatic nitrogens is 3. The van der Waals surface area contributed by atoms with Crippen molar-refractivity contribution in [3.63, 3.8) is 0 Å². The summed E-state index contributed by atoms with van der Waals surface area (Å²) in [6.45, 7) is 0. The number of hydrogen-bond acceptors (Lipinski definition) is 5. The topological polar surface area (TPSA) is 69.0 Å². The summed E-state index contributed by atoms with van der Waals surface area (Å²) in [7, 11) is 0. The first kappa shape index (κ1) is 14.2. The maximum Gasteiger partial charge on any atom is 0.266 e. The number of benzene rings is 1. The van der Waals surface area contributed by atoms with Gasteiger partial charge in [0.15, 0.2) is 5.75 Å². The van der Waals surface area contributed by atoms with Crippen LogP contribution in [0.25, 0.3) is 5.69 Å². The number of amides is 1.